The molecule has 1 aromatic carbocycles. The Hall–Kier alpha value is -1.85. The van der Waals surface area contributed by atoms with Crippen LogP contribution < -0.4 is 5.32 Å². The number of aryl methyl sites for hydroxylation is 1. The molecule has 0 aliphatic heterocycles. The fourth-order valence-corrected chi connectivity index (χ4v) is 3.17. The summed E-state index contributed by atoms with van der Waals surface area (Å²) in [5.41, 5.74) is 0.934. The normalized spacial score (nSPS) is 11.1. The molecule has 0 bridgehead atoms. The van der Waals surface area contributed by atoms with Crippen molar-refractivity contribution in [3.05, 3.63) is 41.5 Å². The predicted molar refractivity (Wildman–Crippen MR) is 87.5 cm³/mol. The zero-order chi connectivity index (χ0) is 14.5. The number of hydrogen-bond acceptors (Lipinski definition) is 5. The van der Waals surface area contributed by atoms with Crippen LogP contribution >= 0.6 is 11.3 Å². The molecule has 0 spiro atoms. The van der Waals surface area contributed by atoms with Crippen molar-refractivity contribution >= 4 is 22.1 Å². The molecule has 0 radical (unpaired) electrons. The molecule has 0 amide bonds. The van der Waals surface area contributed by atoms with Gasteiger partial charge >= 0.3 is 0 Å². The van der Waals surface area contributed by atoms with E-state index in [4.69, 9.17) is 0 Å². The third-order valence-electron chi connectivity index (χ3n) is 3.34. The number of nitrogens with zero attached hydrogens (tertiary/aromatic N) is 3. The van der Waals surface area contributed by atoms with Gasteiger partial charge in [-0.05, 0) is 31.0 Å². The zero-order valence-electron chi connectivity index (χ0n) is 12.0. The number of aromatic nitrogens is 3. The Labute approximate surface area is 128 Å². The van der Waals surface area contributed by atoms with Crippen molar-refractivity contribution in [3.8, 4) is 10.7 Å². The average molecular weight is 298 g/mol. The summed E-state index contributed by atoms with van der Waals surface area (Å²) >= 11 is 1.65. The maximum absolute atomic E-state index is 4.50. The van der Waals surface area contributed by atoms with Crippen LogP contribution in [-0.4, -0.2) is 28.3 Å². The van der Waals surface area contributed by atoms with Gasteiger partial charge in [-0.1, -0.05) is 42.5 Å². The molecule has 1 N–H and O–H groups in total. The molecule has 0 aliphatic rings. The minimum atomic E-state index is 0.908. The number of fused-ring (bicyclic) bond motifs is 1. The smallest absolute Gasteiger partial charge is 0.166 e. The lowest BCUT2D eigenvalue weighted by Crippen LogP contribution is -2.14. The summed E-state index contributed by atoms with van der Waals surface area (Å²) < 4.78 is 0. The van der Waals surface area contributed by atoms with E-state index >= 15 is 0 Å². The van der Waals surface area contributed by atoms with E-state index in [2.05, 4.69) is 39.6 Å². The maximum Gasteiger partial charge on any atom is 0.166 e. The molecular formula is C16H18N4S. The summed E-state index contributed by atoms with van der Waals surface area (Å²) in [5, 5.41) is 16.3. The number of nitrogens with one attached hydrogen (secondary N) is 1. The summed E-state index contributed by atoms with van der Waals surface area (Å²) in [4.78, 5) is 4.50. The van der Waals surface area contributed by atoms with Crippen LogP contribution in [0.15, 0.2) is 36.5 Å². The van der Waals surface area contributed by atoms with Crippen molar-refractivity contribution in [2.24, 2.45) is 0 Å². The van der Waals surface area contributed by atoms with Gasteiger partial charge in [-0.15, -0.1) is 10.2 Å². The summed E-state index contributed by atoms with van der Waals surface area (Å²) in [6.07, 6.45) is 3.89. The van der Waals surface area contributed by atoms with Crippen LogP contribution in [0.1, 0.15) is 18.4 Å². The molecule has 5 heteroatoms. The predicted octanol–water partition coefficient (Wildman–Crippen LogP) is 3.30. The fourth-order valence-electron chi connectivity index (χ4n) is 2.28. The Morgan fingerprint density at radius 1 is 1.14 bits per heavy atom. The first kappa shape index (κ1) is 14.1. The van der Waals surface area contributed by atoms with Crippen LogP contribution in [0.4, 0.5) is 0 Å². The summed E-state index contributed by atoms with van der Waals surface area (Å²) in [7, 11) is 0. The van der Waals surface area contributed by atoms with E-state index in [0.29, 0.717) is 0 Å². The average Bonchev–Trinajstić information content (AvgIpc) is 3.00. The summed E-state index contributed by atoms with van der Waals surface area (Å²) in [6.45, 7) is 4.16. The Kier molecular flexibility index (Phi) is 4.52. The highest BCUT2D eigenvalue weighted by Gasteiger charge is 2.10. The van der Waals surface area contributed by atoms with Gasteiger partial charge in [0.15, 0.2) is 5.01 Å². The molecular weight excluding hydrogens is 280 g/mol. The van der Waals surface area contributed by atoms with E-state index in [1.165, 1.54) is 5.39 Å². The van der Waals surface area contributed by atoms with Crippen LogP contribution in [0.25, 0.3) is 21.5 Å². The second kappa shape index (κ2) is 6.74. The molecule has 0 aliphatic carbocycles. The van der Waals surface area contributed by atoms with Gasteiger partial charge in [0.05, 0.1) is 0 Å². The van der Waals surface area contributed by atoms with Gasteiger partial charge in [0.25, 0.3) is 0 Å². The van der Waals surface area contributed by atoms with Crippen molar-refractivity contribution in [2.45, 2.75) is 19.8 Å². The standard InChI is InChI=1S/C16H18N4S/c1-2-17-10-5-8-14-19-20-16(21-14)15-13-7-4-3-6-12(13)9-11-18-15/h3-4,6-7,9,11,17H,2,5,8,10H2,1H3. The quantitative estimate of drug-likeness (QED) is 0.709. The Morgan fingerprint density at radius 2 is 2.05 bits per heavy atom. The van der Waals surface area contributed by atoms with Gasteiger partial charge < -0.3 is 5.32 Å². The molecule has 0 saturated heterocycles. The highest BCUT2D eigenvalue weighted by Crippen LogP contribution is 2.28. The lowest BCUT2D eigenvalue weighted by molar-refractivity contribution is 0.669. The highest BCUT2D eigenvalue weighted by atomic mass is 32.1. The lowest BCUT2D eigenvalue weighted by atomic mass is 10.1. The lowest BCUT2D eigenvalue weighted by Gasteiger charge is -2.01. The first-order chi connectivity index (χ1) is 10.4. The molecule has 0 saturated carbocycles. The molecule has 3 aromatic rings. The first-order valence-corrected chi connectivity index (χ1v) is 8.07. The van der Waals surface area contributed by atoms with Crippen LogP contribution in [-0.2, 0) is 6.42 Å². The second-order valence-corrected chi connectivity index (χ2v) is 5.90. The van der Waals surface area contributed by atoms with Crippen LogP contribution in [0.2, 0.25) is 0 Å². The maximum atomic E-state index is 4.50. The molecule has 4 nitrogen and oxygen atoms in total. The van der Waals surface area contributed by atoms with Crippen LogP contribution in [0.3, 0.4) is 0 Å². The fraction of sp³-hybridized carbons (Fsp3) is 0.312. The molecule has 2 aromatic heterocycles. The van der Waals surface area contributed by atoms with E-state index in [-0.39, 0.29) is 0 Å². The van der Waals surface area contributed by atoms with E-state index < -0.39 is 0 Å². The van der Waals surface area contributed by atoms with E-state index in [1.807, 2.05) is 24.4 Å². The van der Waals surface area contributed by atoms with Crippen molar-refractivity contribution in [1.29, 1.82) is 0 Å². The monoisotopic (exact) mass is 298 g/mol. The molecule has 3 rings (SSSR count). The van der Waals surface area contributed by atoms with E-state index in [9.17, 15) is 0 Å². The first-order valence-electron chi connectivity index (χ1n) is 7.25. The molecule has 0 atom stereocenters. The number of benzene rings is 1. The Morgan fingerprint density at radius 3 is 2.95 bits per heavy atom. The third-order valence-corrected chi connectivity index (χ3v) is 4.33. The molecule has 0 unspecified atom stereocenters. The van der Waals surface area contributed by atoms with Crippen molar-refractivity contribution in [2.75, 3.05) is 13.1 Å². The minimum absolute atomic E-state index is 0.908. The van der Waals surface area contributed by atoms with Gasteiger partial charge in [-0.25, -0.2) is 0 Å². The largest absolute Gasteiger partial charge is 0.317 e. The number of hydrogen-bond donors (Lipinski definition) is 1. The second-order valence-electron chi connectivity index (χ2n) is 4.84. The van der Waals surface area contributed by atoms with E-state index in [1.54, 1.807) is 11.3 Å². The van der Waals surface area contributed by atoms with Gasteiger partial charge in [0, 0.05) is 18.0 Å². The summed E-state index contributed by atoms with van der Waals surface area (Å²) in [6, 6.07) is 10.3. The number of pyridine rings is 1. The molecule has 108 valence electrons. The van der Waals surface area contributed by atoms with Gasteiger partial charge in [-0.3, -0.25) is 4.98 Å². The van der Waals surface area contributed by atoms with Gasteiger partial charge in [-0.2, -0.15) is 0 Å². The van der Waals surface area contributed by atoms with Gasteiger partial charge in [0.2, 0.25) is 0 Å². The Balaban J connectivity index is 1.81. The summed E-state index contributed by atoms with van der Waals surface area (Å²) in [5.74, 6) is 0. The van der Waals surface area contributed by atoms with Crippen molar-refractivity contribution in [3.63, 3.8) is 0 Å². The number of rotatable bonds is 6. The zero-order valence-corrected chi connectivity index (χ0v) is 12.9. The Bertz CT molecular complexity index is 718. The topological polar surface area (TPSA) is 50.7 Å². The van der Waals surface area contributed by atoms with Crippen molar-refractivity contribution < 1.29 is 0 Å². The molecule has 0 fully saturated rings. The van der Waals surface area contributed by atoms with Crippen LogP contribution in [0.5, 0.6) is 0 Å². The third kappa shape index (κ3) is 3.25. The minimum Gasteiger partial charge on any atom is -0.317 e. The van der Waals surface area contributed by atoms with Crippen molar-refractivity contribution in [1.82, 2.24) is 20.5 Å². The molecule has 2 heterocycles. The SMILES string of the molecule is CCNCCCc1nnc(-c2nccc3ccccc23)s1. The van der Waals surface area contributed by atoms with Crippen LogP contribution in [0, 0.1) is 0 Å². The highest BCUT2D eigenvalue weighted by molar-refractivity contribution is 7.14. The van der Waals surface area contributed by atoms with E-state index in [0.717, 1.165) is 47.0 Å². The molecule has 21 heavy (non-hydrogen) atoms. The van der Waals surface area contributed by atoms with Gasteiger partial charge in [0.1, 0.15) is 10.7 Å².